The first-order valence-corrected chi connectivity index (χ1v) is 9.02. The van der Waals surface area contributed by atoms with Crippen molar-refractivity contribution in [1.82, 2.24) is 4.31 Å². The molecule has 5 nitrogen and oxygen atoms in total. The molecule has 2 aromatic carbocycles. The number of likely N-dealkylation sites (N-methyl/N-ethyl adjacent to an activating group) is 1. The quantitative estimate of drug-likeness (QED) is 0.723. The number of nitrogens with zero attached hydrogens (tertiary/aromatic N) is 1. The minimum Gasteiger partial charge on any atom is -0.491 e. The van der Waals surface area contributed by atoms with Crippen molar-refractivity contribution in [1.29, 1.82) is 0 Å². The predicted octanol–water partition coefficient (Wildman–Crippen LogP) is 2.90. The van der Waals surface area contributed by atoms with Gasteiger partial charge in [0.25, 0.3) is 0 Å². The van der Waals surface area contributed by atoms with Crippen LogP contribution in [-0.4, -0.2) is 38.7 Å². The zero-order valence-corrected chi connectivity index (χ0v) is 14.8. The molecule has 128 valence electrons. The number of Topliss-reactive ketones (excluding diaryl/α,β-unsaturated/α-hetero) is 1. The third kappa shape index (κ3) is 4.21. The molecule has 0 aromatic heterocycles. The van der Waals surface area contributed by atoms with E-state index in [2.05, 4.69) is 0 Å². The Balaban J connectivity index is 2.02. The Bertz CT molecular complexity index is 813. The van der Waals surface area contributed by atoms with E-state index in [0.717, 1.165) is 5.56 Å². The van der Waals surface area contributed by atoms with Gasteiger partial charge in [0, 0.05) is 13.6 Å². The molecule has 0 saturated heterocycles. The van der Waals surface area contributed by atoms with E-state index >= 15 is 0 Å². The number of carbonyl (C=O) groups is 1. The highest BCUT2D eigenvalue weighted by Crippen LogP contribution is 2.19. The molecule has 2 rings (SSSR count). The summed E-state index contributed by atoms with van der Waals surface area (Å²) in [7, 11) is -2.04. The van der Waals surface area contributed by atoms with E-state index in [1.54, 1.807) is 48.5 Å². The number of rotatable bonds is 7. The SMILES string of the molecule is CC(=O)c1ccccc1OCCN(C)S(=O)(=O)c1ccc(C)cc1. The molecule has 0 fully saturated rings. The van der Waals surface area contributed by atoms with E-state index < -0.39 is 10.0 Å². The van der Waals surface area contributed by atoms with E-state index in [0.29, 0.717) is 11.3 Å². The Kier molecular flexibility index (Phi) is 5.75. The van der Waals surface area contributed by atoms with E-state index in [1.165, 1.54) is 18.3 Å². The lowest BCUT2D eigenvalue weighted by molar-refractivity contribution is 0.101. The fourth-order valence-electron chi connectivity index (χ4n) is 2.18. The number of ketones is 1. The van der Waals surface area contributed by atoms with Crippen molar-refractivity contribution in [2.45, 2.75) is 18.7 Å². The van der Waals surface area contributed by atoms with Crippen LogP contribution in [0.15, 0.2) is 53.4 Å². The minimum absolute atomic E-state index is 0.0915. The number of aryl methyl sites for hydroxylation is 1. The zero-order valence-electron chi connectivity index (χ0n) is 14.0. The summed E-state index contributed by atoms with van der Waals surface area (Å²) in [5.74, 6) is 0.373. The standard InChI is InChI=1S/C18H21NO4S/c1-14-8-10-16(11-9-14)24(21,22)19(3)12-13-23-18-7-5-4-6-17(18)15(2)20/h4-11H,12-13H2,1-3H3. The third-order valence-electron chi connectivity index (χ3n) is 3.66. The van der Waals surface area contributed by atoms with E-state index in [-0.39, 0.29) is 23.8 Å². The van der Waals surface area contributed by atoms with Crippen LogP contribution in [0.3, 0.4) is 0 Å². The summed E-state index contributed by atoms with van der Waals surface area (Å²) in [5, 5.41) is 0. The first-order chi connectivity index (χ1) is 11.3. The normalized spacial score (nSPS) is 11.5. The first kappa shape index (κ1) is 18.2. The van der Waals surface area contributed by atoms with Gasteiger partial charge in [0.1, 0.15) is 12.4 Å². The summed E-state index contributed by atoms with van der Waals surface area (Å²) in [5.41, 5.74) is 1.49. The number of benzene rings is 2. The number of sulfonamides is 1. The maximum atomic E-state index is 12.5. The summed E-state index contributed by atoms with van der Waals surface area (Å²) in [6.07, 6.45) is 0. The number of hydrogen-bond donors (Lipinski definition) is 0. The van der Waals surface area contributed by atoms with Crippen molar-refractivity contribution >= 4 is 15.8 Å². The molecule has 0 unspecified atom stereocenters. The maximum absolute atomic E-state index is 12.5. The Morgan fingerprint density at radius 2 is 1.71 bits per heavy atom. The van der Waals surface area contributed by atoms with Gasteiger partial charge in [-0.25, -0.2) is 8.42 Å². The van der Waals surface area contributed by atoms with Crippen molar-refractivity contribution < 1.29 is 17.9 Å². The second kappa shape index (κ2) is 7.59. The summed E-state index contributed by atoms with van der Waals surface area (Å²) in [6.45, 7) is 3.71. The van der Waals surface area contributed by atoms with Crippen molar-refractivity contribution in [3.63, 3.8) is 0 Å². The van der Waals surface area contributed by atoms with Gasteiger partial charge in [0.15, 0.2) is 5.78 Å². The van der Waals surface area contributed by atoms with Gasteiger partial charge in [-0.3, -0.25) is 4.79 Å². The highest BCUT2D eigenvalue weighted by molar-refractivity contribution is 7.89. The fraction of sp³-hybridized carbons (Fsp3) is 0.278. The Morgan fingerprint density at radius 3 is 2.33 bits per heavy atom. The van der Waals surface area contributed by atoms with Gasteiger partial charge in [-0.1, -0.05) is 29.8 Å². The third-order valence-corrected chi connectivity index (χ3v) is 5.53. The van der Waals surface area contributed by atoms with Crippen molar-refractivity contribution in [3.8, 4) is 5.75 Å². The molecule has 6 heteroatoms. The van der Waals surface area contributed by atoms with Gasteiger partial charge < -0.3 is 4.74 Å². The molecule has 0 radical (unpaired) electrons. The minimum atomic E-state index is -3.55. The van der Waals surface area contributed by atoms with Crippen molar-refractivity contribution in [2.24, 2.45) is 0 Å². The Hall–Kier alpha value is -2.18. The molecule has 24 heavy (non-hydrogen) atoms. The summed E-state index contributed by atoms with van der Waals surface area (Å²) in [6, 6.07) is 13.6. The van der Waals surface area contributed by atoms with Gasteiger partial charge in [-0.05, 0) is 38.1 Å². The molecule has 0 spiro atoms. The molecule has 0 heterocycles. The van der Waals surface area contributed by atoms with Crippen LogP contribution in [0.2, 0.25) is 0 Å². The van der Waals surface area contributed by atoms with Crippen LogP contribution in [0.5, 0.6) is 5.75 Å². The zero-order chi connectivity index (χ0) is 17.7. The largest absolute Gasteiger partial charge is 0.491 e. The topological polar surface area (TPSA) is 63.7 Å². The molecular formula is C18H21NO4S. The van der Waals surface area contributed by atoms with E-state index in [4.69, 9.17) is 4.74 Å². The number of hydrogen-bond acceptors (Lipinski definition) is 4. The molecule has 0 saturated carbocycles. The second-order valence-electron chi connectivity index (χ2n) is 5.54. The molecule has 0 aliphatic rings. The molecular weight excluding hydrogens is 326 g/mol. The average Bonchev–Trinajstić information content (AvgIpc) is 2.55. The van der Waals surface area contributed by atoms with Crippen LogP contribution < -0.4 is 4.74 Å². The Morgan fingerprint density at radius 1 is 1.08 bits per heavy atom. The highest BCUT2D eigenvalue weighted by atomic mass is 32.2. The number of carbonyl (C=O) groups excluding carboxylic acids is 1. The molecule has 0 amide bonds. The summed E-state index contributed by atoms with van der Waals surface area (Å²) < 4.78 is 31.8. The number of para-hydroxylation sites is 1. The maximum Gasteiger partial charge on any atom is 0.242 e. The van der Waals surface area contributed by atoms with Crippen LogP contribution in [0.1, 0.15) is 22.8 Å². The molecule has 2 aromatic rings. The van der Waals surface area contributed by atoms with Crippen LogP contribution in [-0.2, 0) is 10.0 Å². The van der Waals surface area contributed by atoms with Gasteiger partial charge >= 0.3 is 0 Å². The monoisotopic (exact) mass is 347 g/mol. The van der Waals surface area contributed by atoms with Crippen LogP contribution in [0.4, 0.5) is 0 Å². The summed E-state index contributed by atoms with van der Waals surface area (Å²) >= 11 is 0. The van der Waals surface area contributed by atoms with E-state index in [1.807, 2.05) is 6.92 Å². The van der Waals surface area contributed by atoms with Crippen LogP contribution >= 0.6 is 0 Å². The van der Waals surface area contributed by atoms with E-state index in [9.17, 15) is 13.2 Å². The smallest absolute Gasteiger partial charge is 0.242 e. The predicted molar refractivity (Wildman–Crippen MR) is 92.9 cm³/mol. The van der Waals surface area contributed by atoms with Gasteiger partial charge in [-0.15, -0.1) is 0 Å². The molecule has 0 aliphatic carbocycles. The fourth-order valence-corrected chi connectivity index (χ4v) is 3.33. The molecule has 0 bridgehead atoms. The lowest BCUT2D eigenvalue weighted by atomic mass is 10.1. The van der Waals surface area contributed by atoms with Crippen molar-refractivity contribution in [3.05, 3.63) is 59.7 Å². The second-order valence-corrected chi connectivity index (χ2v) is 7.59. The first-order valence-electron chi connectivity index (χ1n) is 7.58. The van der Waals surface area contributed by atoms with Gasteiger partial charge in [0.05, 0.1) is 10.5 Å². The van der Waals surface area contributed by atoms with Crippen LogP contribution in [0.25, 0.3) is 0 Å². The summed E-state index contributed by atoms with van der Waals surface area (Å²) in [4.78, 5) is 11.8. The lowest BCUT2D eigenvalue weighted by Gasteiger charge is -2.18. The number of ether oxygens (including phenoxy) is 1. The van der Waals surface area contributed by atoms with Gasteiger partial charge in [-0.2, -0.15) is 4.31 Å². The lowest BCUT2D eigenvalue weighted by Crippen LogP contribution is -2.31. The van der Waals surface area contributed by atoms with Crippen LogP contribution in [0, 0.1) is 6.92 Å². The molecule has 0 atom stereocenters. The molecule has 0 N–H and O–H groups in total. The van der Waals surface area contributed by atoms with Gasteiger partial charge in [0.2, 0.25) is 10.0 Å². The molecule has 0 aliphatic heterocycles. The average molecular weight is 347 g/mol. The Labute approximate surface area is 142 Å². The highest BCUT2D eigenvalue weighted by Gasteiger charge is 2.20. The van der Waals surface area contributed by atoms with Crippen molar-refractivity contribution in [2.75, 3.05) is 20.2 Å².